The van der Waals surface area contributed by atoms with E-state index in [1.54, 1.807) is 7.11 Å². The predicted octanol–water partition coefficient (Wildman–Crippen LogP) is 4.19. The lowest BCUT2D eigenvalue weighted by Gasteiger charge is -2.21. The molecule has 0 bridgehead atoms. The SMILES string of the molecule is COc1ccc(-c2noc(-c3ccc(N4CCCCCC4)nc3)n2)cc1. The van der Waals surface area contributed by atoms with Crippen molar-refractivity contribution in [1.82, 2.24) is 15.1 Å². The number of benzene rings is 1. The third-order valence-electron chi connectivity index (χ3n) is 4.70. The first-order chi connectivity index (χ1) is 12.8. The minimum atomic E-state index is 0.478. The largest absolute Gasteiger partial charge is 0.497 e. The van der Waals surface area contributed by atoms with Gasteiger partial charge in [-0.05, 0) is 49.2 Å². The highest BCUT2D eigenvalue weighted by atomic mass is 16.5. The van der Waals surface area contributed by atoms with E-state index in [4.69, 9.17) is 9.26 Å². The molecule has 134 valence electrons. The van der Waals surface area contributed by atoms with E-state index in [2.05, 4.69) is 20.0 Å². The summed E-state index contributed by atoms with van der Waals surface area (Å²) in [6.45, 7) is 2.16. The first-order valence-electron chi connectivity index (χ1n) is 9.03. The fraction of sp³-hybridized carbons (Fsp3) is 0.350. The van der Waals surface area contributed by atoms with Crippen LogP contribution in [0.15, 0.2) is 47.1 Å². The monoisotopic (exact) mass is 350 g/mol. The summed E-state index contributed by atoms with van der Waals surface area (Å²) in [6, 6.07) is 11.6. The quantitative estimate of drug-likeness (QED) is 0.703. The van der Waals surface area contributed by atoms with E-state index < -0.39 is 0 Å². The Morgan fingerprint density at radius 1 is 0.923 bits per heavy atom. The second-order valence-corrected chi connectivity index (χ2v) is 6.46. The minimum absolute atomic E-state index is 0.478. The molecular weight excluding hydrogens is 328 g/mol. The van der Waals surface area contributed by atoms with Crippen LogP contribution in [-0.4, -0.2) is 35.3 Å². The van der Waals surface area contributed by atoms with Gasteiger partial charge in [0.15, 0.2) is 0 Å². The second-order valence-electron chi connectivity index (χ2n) is 6.46. The van der Waals surface area contributed by atoms with Crippen LogP contribution in [0.2, 0.25) is 0 Å². The minimum Gasteiger partial charge on any atom is -0.497 e. The zero-order valence-corrected chi connectivity index (χ0v) is 14.9. The van der Waals surface area contributed by atoms with Crippen molar-refractivity contribution in [2.75, 3.05) is 25.1 Å². The van der Waals surface area contributed by atoms with Crippen LogP contribution in [0.1, 0.15) is 25.7 Å². The molecule has 0 atom stereocenters. The first-order valence-corrected chi connectivity index (χ1v) is 9.03. The molecule has 0 unspecified atom stereocenters. The molecule has 6 nitrogen and oxygen atoms in total. The van der Waals surface area contributed by atoms with Gasteiger partial charge in [-0.25, -0.2) is 4.98 Å². The van der Waals surface area contributed by atoms with Gasteiger partial charge in [0, 0.05) is 24.8 Å². The molecule has 2 aromatic heterocycles. The Kier molecular flexibility index (Phi) is 4.82. The molecule has 6 heteroatoms. The Balaban J connectivity index is 1.51. The second kappa shape index (κ2) is 7.56. The number of hydrogen-bond acceptors (Lipinski definition) is 6. The number of ether oxygens (including phenoxy) is 1. The lowest BCUT2D eigenvalue weighted by Crippen LogP contribution is -2.24. The van der Waals surface area contributed by atoms with Crippen molar-refractivity contribution >= 4 is 5.82 Å². The maximum Gasteiger partial charge on any atom is 0.259 e. The summed E-state index contributed by atoms with van der Waals surface area (Å²) >= 11 is 0. The van der Waals surface area contributed by atoms with Crippen molar-refractivity contribution in [3.63, 3.8) is 0 Å². The third-order valence-corrected chi connectivity index (χ3v) is 4.70. The van der Waals surface area contributed by atoms with E-state index in [0.29, 0.717) is 11.7 Å². The van der Waals surface area contributed by atoms with E-state index in [-0.39, 0.29) is 0 Å². The van der Waals surface area contributed by atoms with Gasteiger partial charge in [0.1, 0.15) is 11.6 Å². The van der Waals surface area contributed by atoms with Crippen LogP contribution >= 0.6 is 0 Å². The summed E-state index contributed by atoms with van der Waals surface area (Å²) in [5.74, 6) is 2.85. The molecule has 0 amide bonds. The molecule has 0 spiro atoms. The van der Waals surface area contributed by atoms with Gasteiger partial charge in [-0.3, -0.25) is 0 Å². The summed E-state index contributed by atoms with van der Waals surface area (Å²) in [5.41, 5.74) is 1.71. The molecule has 1 aliphatic heterocycles. The van der Waals surface area contributed by atoms with Crippen LogP contribution in [0, 0.1) is 0 Å². The van der Waals surface area contributed by atoms with Crippen molar-refractivity contribution in [3.05, 3.63) is 42.6 Å². The van der Waals surface area contributed by atoms with E-state index in [1.165, 1.54) is 25.7 Å². The fourth-order valence-electron chi connectivity index (χ4n) is 3.20. The number of pyridine rings is 1. The van der Waals surface area contributed by atoms with Gasteiger partial charge in [0.2, 0.25) is 5.82 Å². The van der Waals surface area contributed by atoms with Crippen molar-refractivity contribution in [3.8, 4) is 28.6 Å². The number of aromatic nitrogens is 3. The summed E-state index contributed by atoms with van der Waals surface area (Å²) in [6.07, 6.45) is 6.90. The lowest BCUT2D eigenvalue weighted by molar-refractivity contribution is 0.415. The zero-order valence-electron chi connectivity index (χ0n) is 14.9. The van der Waals surface area contributed by atoms with E-state index in [9.17, 15) is 0 Å². The highest BCUT2D eigenvalue weighted by Crippen LogP contribution is 2.25. The Labute approximate surface area is 152 Å². The molecule has 1 saturated heterocycles. The summed E-state index contributed by atoms with van der Waals surface area (Å²) in [7, 11) is 1.64. The molecular formula is C20H22N4O2. The normalized spacial score (nSPS) is 14.9. The van der Waals surface area contributed by atoms with Crippen LogP contribution < -0.4 is 9.64 Å². The Morgan fingerprint density at radius 3 is 2.31 bits per heavy atom. The maximum absolute atomic E-state index is 5.42. The molecule has 1 fully saturated rings. The molecule has 1 aromatic carbocycles. The average molecular weight is 350 g/mol. The van der Waals surface area contributed by atoms with Crippen LogP contribution in [0.3, 0.4) is 0 Å². The van der Waals surface area contributed by atoms with Crippen molar-refractivity contribution in [2.24, 2.45) is 0 Å². The van der Waals surface area contributed by atoms with Gasteiger partial charge in [0.05, 0.1) is 12.7 Å². The average Bonchev–Trinajstić information content (AvgIpc) is 3.04. The van der Waals surface area contributed by atoms with Crippen molar-refractivity contribution in [1.29, 1.82) is 0 Å². The van der Waals surface area contributed by atoms with E-state index >= 15 is 0 Å². The summed E-state index contributed by atoms with van der Waals surface area (Å²) in [4.78, 5) is 11.5. The van der Waals surface area contributed by atoms with E-state index in [1.807, 2.05) is 42.6 Å². The Bertz CT molecular complexity index is 835. The molecule has 0 saturated carbocycles. The molecule has 4 rings (SSSR count). The number of hydrogen-bond donors (Lipinski definition) is 0. The number of rotatable bonds is 4. The zero-order chi connectivity index (χ0) is 17.8. The molecule has 0 aliphatic carbocycles. The topological polar surface area (TPSA) is 64.3 Å². The maximum atomic E-state index is 5.42. The molecule has 1 aliphatic rings. The first kappa shape index (κ1) is 16.6. The van der Waals surface area contributed by atoms with Gasteiger partial charge >= 0.3 is 0 Å². The molecule has 3 heterocycles. The van der Waals surface area contributed by atoms with Crippen molar-refractivity contribution in [2.45, 2.75) is 25.7 Å². The molecule has 26 heavy (non-hydrogen) atoms. The molecule has 0 radical (unpaired) electrons. The molecule has 3 aromatic rings. The summed E-state index contributed by atoms with van der Waals surface area (Å²) < 4.78 is 10.6. The van der Waals surface area contributed by atoms with Crippen LogP contribution in [0.4, 0.5) is 5.82 Å². The van der Waals surface area contributed by atoms with Crippen LogP contribution in [0.5, 0.6) is 5.75 Å². The van der Waals surface area contributed by atoms with Gasteiger partial charge in [0.25, 0.3) is 5.89 Å². The third kappa shape index (κ3) is 3.54. The smallest absolute Gasteiger partial charge is 0.259 e. The summed E-state index contributed by atoms with van der Waals surface area (Å²) in [5, 5.41) is 4.08. The van der Waals surface area contributed by atoms with Crippen molar-refractivity contribution < 1.29 is 9.26 Å². The lowest BCUT2D eigenvalue weighted by atomic mass is 10.2. The highest BCUT2D eigenvalue weighted by Gasteiger charge is 2.14. The highest BCUT2D eigenvalue weighted by molar-refractivity contribution is 5.60. The van der Waals surface area contributed by atoms with E-state index in [0.717, 1.165) is 35.8 Å². The number of methoxy groups -OCH3 is 1. The van der Waals surface area contributed by atoms with Gasteiger partial charge in [-0.2, -0.15) is 4.98 Å². The van der Waals surface area contributed by atoms with Gasteiger partial charge < -0.3 is 14.2 Å². The standard InChI is InChI=1S/C20H22N4O2/c1-25-17-9-6-15(7-10-17)19-22-20(26-23-19)16-8-11-18(21-14-16)24-12-4-2-3-5-13-24/h6-11,14H,2-5,12-13H2,1H3. The van der Waals surface area contributed by atoms with Gasteiger partial charge in [-0.15, -0.1) is 0 Å². The molecule has 0 N–H and O–H groups in total. The fourth-order valence-corrected chi connectivity index (χ4v) is 3.20. The predicted molar refractivity (Wildman–Crippen MR) is 100 cm³/mol. The Morgan fingerprint density at radius 2 is 1.65 bits per heavy atom. The van der Waals surface area contributed by atoms with Crippen LogP contribution in [0.25, 0.3) is 22.8 Å². The van der Waals surface area contributed by atoms with Crippen LogP contribution in [-0.2, 0) is 0 Å². The van der Waals surface area contributed by atoms with Gasteiger partial charge in [-0.1, -0.05) is 18.0 Å². The Hall–Kier alpha value is -2.89. The number of anilines is 1. The number of nitrogens with zero attached hydrogens (tertiary/aromatic N) is 4.